The highest BCUT2D eigenvalue weighted by Crippen LogP contribution is 2.21. The van der Waals surface area contributed by atoms with E-state index in [4.69, 9.17) is 0 Å². The van der Waals surface area contributed by atoms with Gasteiger partial charge < -0.3 is 10.2 Å². The zero-order valence-corrected chi connectivity index (χ0v) is 17.4. The SMILES string of the molecule is O=C(CNC(=O)C(F)(F)F)c1ccc(CN(C(=O)N2CCCCC2)c2ccccc2)cc1. The minimum atomic E-state index is -5.04. The Balaban J connectivity index is 1.69. The third-order valence-electron chi connectivity index (χ3n) is 5.21. The predicted molar refractivity (Wildman–Crippen MR) is 113 cm³/mol. The summed E-state index contributed by atoms with van der Waals surface area (Å²) in [6, 6.07) is 15.4. The van der Waals surface area contributed by atoms with Gasteiger partial charge in [0.15, 0.2) is 5.78 Å². The van der Waals surface area contributed by atoms with Crippen LogP contribution in [-0.2, 0) is 11.3 Å². The van der Waals surface area contributed by atoms with Gasteiger partial charge in [0.2, 0.25) is 0 Å². The van der Waals surface area contributed by atoms with Gasteiger partial charge in [-0.2, -0.15) is 13.2 Å². The molecule has 0 unspecified atom stereocenters. The molecule has 1 N–H and O–H groups in total. The Kier molecular flexibility index (Phi) is 7.50. The maximum atomic E-state index is 13.2. The quantitative estimate of drug-likeness (QED) is 0.676. The lowest BCUT2D eigenvalue weighted by atomic mass is 10.1. The van der Waals surface area contributed by atoms with Crippen LogP contribution < -0.4 is 10.2 Å². The predicted octanol–water partition coefficient (Wildman–Crippen LogP) is 4.16. The van der Waals surface area contributed by atoms with Gasteiger partial charge in [-0.05, 0) is 37.0 Å². The van der Waals surface area contributed by atoms with Crippen molar-refractivity contribution in [3.05, 3.63) is 65.7 Å². The van der Waals surface area contributed by atoms with Gasteiger partial charge in [0, 0.05) is 24.3 Å². The number of ketones is 1. The normalized spacial score (nSPS) is 14.0. The monoisotopic (exact) mass is 447 g/mol. The number of carbonyl (C=O) groups excluding carboxylic acids is 3. The van der Waals surface area contributed by atoms with Crippen LogP contribution >= 0.6 is 0 Å². The number of likely N-dealkylation sites (tertiary alicyclic amines) is 1. The molecule has 0 saturated carbocycles. The lowest BCUT2D eigenvalue weighted by Crippen LogP contribution is -2.45. The summed E-state index contributed by atoms with van der Waals surface area (Å²) in [5.41, 5.74) is 1.68. The van der Waals surface area contributed by atoms with Crippen molar-refractivity contribution in [3.63, 3.8) is 0 Å². The van der Waals surface area contributed by atoms with E-state index in [-0.39, 0.29) is 18.1 Å². The average molecular weight is 447 g/mol. The molecule has 1 aliphatic rings. The molecular formula is C23H24F3N3O3. The number of para-hydroxylation sites is 1. The number of rotatable bonds is 6. The number of Topliss-reactive ketones (excluding diaryl/α,β-unsaturated/α-hetero) is 1. The Morgan fingerprint density at radius 1 is 0.906 bits per heavy atom. The fraction of sp³-hybridized carbons (Fsp3) is 0.348. The van der Waals surface area contributed by atoms with Crippen molar-refractivity contribution in [1.29, 1.82) is 0 Å². The lowest BCUT2D eigenvalue weighted by molar-refractivity contribution is -0.173. The Morgan fingerprint density at radius 3 is 2.12 bits per heavy atom. The van der Waals surface area contributed by atoms with Gasteiger partial charge in [0.25, 0.3) is 0 Å². The highest BCUT2D eigenvalue weighted by atomic mass is 19.4. The number of urea groups is 1. The minimum Gasteiger partial charge on any atom is -0.341 e. The smallest absolute Gasteiger partial charge is 0.341 e. The first kappa shape index (κ1) is 23.3. The van der Waals surface area contributed by atoms with Crippen LogP contribution in [0, 0.1) is 0 Å². The summed E-state index contributed by atoms with van der Waals surface area (Å²) in [5, 5.41) is 1.57. The number of nitrogens with zero attached hydrogens (tertiary/aromatic N) is 2. The number of benzene rings is 2. The van der Waals surface area contributed by atoms with Gasteiger partial charge >= 0.3 is 18.1 Å². The van der Waals surface area contributed by atoms with E-state index in [9.17, 15) is 27.6 Å². The Bertz CT molecular complexity index is 940. The summed E-state index contributed by atoms with van der Waals surface area (Å²) >= 11 is 0. The molecule has 0 aromatic heterocycles. The summed E-state index contributed by atoms with van der Waals surface area (Å²) in [6.07, 6.45) is -1.99. The Labute approximate surface area is 184 Å². The number of hydrogen-bond donors (Lipinski definition) is 1. The molecule has 1 heterocycles. The van der Waals surface area contributed by atoms with Crippen LogP contribution in [0.1, 0.15) is 35.2 Å². The zero-order valence-electron chi connectivity index (χ0n) is 17.4. The number of alkyl halides is 3. The summed E-state index contributed by atoms with van der Waals surface area (Å²) in [4.78, 5) is 39.6. The van der Waals surface area contributed by atoms with E-state index in [1.807, 2.05) is 35.2 Å². The second-order valence-corrected chi connectivity index (χ2v) is 7.55. The zero-order chi connectivity index (χ0) is 23.1. The van der Waals surface area contributed by atoms with Gasteiger partial charge in [-0.1, -0.05) is 42.5 Å². The molecule has 1 aliphatic heterocycles. The van der Waals surface area contributed by atoms with Crippen molar-refractivity contribution >= 4 is 23.4 Å². The third kappa shape index (κ3) is 6.09. The molecular weight excluding hydrogens is 423 g/mol. The number of hydrogen-bond acceptors (Lipinski definition) is 3. The van der Waals surface area contributed by atoms with E-state index < -0.39 is 24.4 Å². The lowest BCUT2D eigenvalue weighted by Gasteiger charge is -2.33. The number of halogens is 3. The molecule has 0 atom stereocenters. The molecule has 2 aromatic rings. The van der Waals surface area contributed by atoms with Crippen LogP contribution in [0.15, 0.2) is 54.6 Å². The molecule has 3 amide bonds. The van der Waals surface area contributed by atoms with Crippen molar-refractivity contribution in [3.8, 4) is 0 Å². The maximum Gasteiger partial charge on any atom is 0.471 e. The summed E-state index contributed by atoms with van der Waals surface area (Å²) in [7, 11) is 0. The molecule has 0 spiro atoms. The van der Waals surface area contributed by atoms with Crippen LogP contribution in [0.25, 0.3) is 0 Å². The van der Waals surface area contributed by atoms with Crippen molar-refractivity contribution in [2.75, 3.05) is 24.5 Å². The fourth-order valence-electron chi connectivity index (χ4n) is 3.47. The van der Waals surface area contributed by atoms with E-state index in [1.165, 1.54) is 12.1 Å². The van der Waals surface area contributed by atoms with E-state index in [2.05, 4.69) is 0 Å². The van der Waals surface area contributed by atoms with Gasteiger partial charge in [0.1, 0.15) is 0 Å². The molecule has 9 heteroatoms. The largest absolute Gasteiger partial charge is 0.471 e. The van der Waals surface area contributed by atoms with E-state index in [1.54, 1.807) is 22.3 Å². The highest BCUT2D eigenvalue weighted by Gasteiger charge is 2.38. The van der Waals surface area contributed by atoms with Crippen molar-refractivity contribution in [2.24, 2.45) is 0 Å². The van der Waals surface area contributed by atoms with Crippen LogP contribution in [0.2, 0.25) is 0 Å². The number of anilines is 1. The molecule has 170 valence electrons. The first-order valence-electron chi connectivity index (χ1n) is 10.3. The number of nitrogens with one attached hydrogen (secondary N) is 1. The second-order valence-electron chi connectivity index (χ2n) is 7.55. The highest BCUT2D eigenvalue weighted by molar-refractivity contribution is 5.99. The van der Waals surface area contributed by atoms with Crippen LogP contribution in [0.5, 0.6) is 0 Å². The number of piperidine rings is 1. The Morgan fingerprint density at radius 2 is 1.53 bits per heavy atom. The Hall–Kier alpha value is -3.36. The summed E-state index contributed by atoms with van der Waals surface area (Å²) in [5.74, 6) is -2.80. The first-order valence-corrected chi connectivity index (χ1v) is 10.3. The van der Waals surface area contributed by atoms with Crippen molar-refractivity contribution in [2.45, 2.75) is 32.0 Å². The van der Waals surface area contributed by atoms with E-state index in [0.29, 0.717) is 13.1 Å². The maximum absolute atomic E-state index is 13.2. The summed E-state index contributed by atoms with van der Waals surface area (Å²) < 4.78 is 36.8. The topological polar surface area (TPSA) is 69.7 Å². The van der Waals surface area contributed by atoms with E-state index in [0.717, 1.165) is 30.5 Å². The van der Waals surface area contributed by atoms with Crippen LogP contribution in [0.3, 0.4) is 0 Å². The van der Waals surface area contributed by atoms with Gasteiger partial charge in [-0.25, -0.2) is 4.79 Å². The minimum absolute atomic E-state index is 0.0917. The molecule has 1 fully saturated rings. The van der Waals surface area contributed by atoms with Crippen LogP contribution in [-0.4, -0.2) is 48.4 Å². The molecule has 32 heavy (non-hydrogen) atoms. The molecule has 1 saturated heterocycles. The molecule has 3 rings (SSSR count). The van der Waals surface area contributed by atoms with Crippen molar-refractivity contribution < 1.29 is 27.6 Å². The molecule has 2 aromatic carbocycles. The van der Waals surface area contributed by atoms with Gasteiger partial charge in [-0.15, -0.1) is 0 Å². The fourth-order valence-corrected chi connectivity index (χ4v) is 3.47. The summed E-state index contributed by atoms with van der Waals surface area (Å²) in [6.45, 7) is 0.943. The second kappa shape index (κ2) is 10.3. The molecule has 6 nitrogen and oxygen atoms in total. The first-order chi connectivity index (χ1) is 15.3. The number of amides is 3. The average Bonchev–Trinajstić information content (AvgIpc) is 2.81. The van der Waals surface area contributed by atoms with Crippen molar-refractivity contribution in [1.82, 2.24) is 10.2 Å². The standard InChI is InChI=1S/C23H24F3N3O3/c24-23(25,26)21(31)27-15-20(30)18-11-9-17(10-12-18)16-29(19-7-3-1-4-8-19)22(32)28-13-5-2-6-14-28/h1,3-4,7-12H,2,5-6,13-16H2,(H,27,31). The third-order valence-corrected chi connectivity index (χ3v) is 5.21. The molecule has 0 bridgehead atoms. The van der Waals surface area contributed by atoms with Gasteiger partial charge in [-0.3, -0.25) is 14.5 Å². The number of carbonyl (C=O) groups is 3. The molecule has 0 aliphatic carbocycles. The van der Waals surface area contributed by atoms with Crippen LogP contribution in [0.4, 0.5) is 23.7 Å². The van der Waals surface area contributed by atoms with Gasteiger partial charge in [0.05, 0.1) is 13.1 Å². The van der Waals surface area contributed by atoms with E-state index >= 15 is 0 Å². The molecule has 0 radical (unpaired) electrons.